The van der Waals surface area contributed by atoms with Gasteiger partial charge in [-0.2, -0.15) is 0 Å². The Balaban J connectivity index is 2.08. The van der Waals surface area contributed by atoms with Crippen LogP contribution in [0.2, 0.25) is 0 Å². The van der Waals surface area contributed by atoms with Gasteiger partial charge in [0.2, 0.25) is 10.0 Å². The Morgan fingerprint density at radius 2 is 1.65 bits per heavy atom. The molecule has 0 saturated carbocycles. The van der Waals surface area contributed by atoms with Gasteiger partial charge in [-0.15, -0.1) is 0 Å². The molecule has 106 valence electrons. The monoisotopic (exact) mass is 291 g/mol. The quantitative estimate of drug-likeness (QED) is 0.890. The average molecular weight is 291 g/mol. The molecular weight excluding hydrogens is 274 g/mol. The fraction of sp³-hybridized carbons (Fsp3) is 0.200. The van der Waals surface area contributed by atoms with Crippen molar-refractivity contribution in [3.8, 4) is 0 Å². The molecule has 0 aliphatic heterocycles. The summed E-state index contributed by atoms with van der Waals surface area (Å²) in [5.41, 5.74) is 1.97. The van der Waals surface area contributed by atoms with Gasteiger partial charge < -0.3 is 5.11 Å². The van der Waals surface area contributed by atoms with Crippen molar-refractivity contribution < 1.29 is 13.5 Å². The molecule has 2 aromatic carbocycles. The molecule has 0 amide bonds. The molecule has 0 aliphatic rings. The van der Waals surface area contributed by atoms with Crippen LogP contribution < -0.4 is 4.72 Å². The minimum Gasteiger partial charge on any atom is -0.389 e. The molecule has 2 N–H and O–H groups in total. The highest BCUT2D eigenvalue weighted by molar-refractivity contribution is 7.91. The fourth-order valence-corrected chi connectivity index (χ4v) is 3.04. The van der Waals surface area contributed by atoms with Crippen LogP contribution in [-0.2, 0) is 15.8 Å². The highest BCUT2D eigenvalue weighted by Gasteiger charge is 2.11. The molecule has 0 radical (unpaired) electrons. The second-order valence-corrected chi connectivity index (χ2v) is 6.37. The molecule has 4 nitrogen and oxygen atoms in total. The molecule has 2 aromatic rings. The Labute approximate surface area is 119 Å². The van der Waals surface area contributed by atoms with Crippen molar-refractivity contribution in [2.24, 2.45) is 0 Å². The van der Waals surface area contributed by atoms with E-state index in [0.717, 1.165) is 11.1 Å². The first-order valence-corrected chi connectivity index (χ1v) is 7.94. The van der Waals surface area contributed by atoms with Gasteiger partial charge in [-0.05, 0) is 30.2 Å². The molecule has 1 unspecified atom stereocenters. The average Bonchev–Trinajstić information content (AvgIpc) is 2.39. The topological polar surface area (TPSA) is 66.4 Å². The maximum absolute atomic E-state index is 12.0. The fourth-order valence-electron chi connectivity index (χ4n) is 1.84. The van der Waals surface area contributed by atoms with Gasteiger partial charge in [0.25, 0.3) is 0 Å². The van der Waals surface area contributed by atoms with Crippen LogP contribution in [0, 0.1) is 0 Å². The summed E-state index contributed by atoms with van der Waals surface area (Å²) in [6, 6.07) is 15.7. The summed E-state index contributed by atoms with van der Waals surface area (Å²) in [5, 5.41) is 9.40. The van der Waals surface area contributed by atoms with Crippen LogP contribution in [0.25, 0.3) is 0 Å². The van der Waals surface area contributed by atoms with Crippen molar-refractivity contribution in [3.05, 3.63) is 65.7 Å². The first-order chi connectivity index (χ1) is 9.46. The lowest BCUT2D eigenvalue weighted by Gasteiger charge is -2.10. The van der Waals surface area contributed by atoms with Crippen LogP contribution >= 0.6 is 0 Å². The third-order valence-electron chi connectivity index (χ3n) is 2.87. The molecule has 0 heterocycles. The number of hydrogen-bond donors (Lipinski definition) is 2. The number of aliphatic hydroxyl groups excluding tert-OH is 1. The van der Waals surface area contributed by atoms with Crippen LogP contribution in [-0.4, -0.2) is 13.5 Å². The predicted octanol–water partition coefficient (Wildman–Crippen LogP) is 2.68. The van der Waals surface area contributed by atoms with Crippen molar-refractivity contribution in [1.29, 1.82) is 0 Å². The van der Waals surface area contributed by atoms with Crippen molar-refractivity contribution in [2.45, 2.75) is 18.8 Å². The van der Waals surface area contributed by atoms with Gasteiger partial charge in [-0.25, -0.2) is 8.42 Å². The number of aliphatic hydroxyl groups is 1. The van der Waals surface area contributed by atoms with E-state index in [1.165, 1.54) is 0 Å². The molecule has 0 aliphatic carbocycles. The lowest BCUT2D eigenvalue weighted by molar-refractivity contribution is 0.199. The third kappa shape index (κ3) is 4.08. The van der Waals surface area contributed by atoms with E-state index in [2.05, 4.69) is 4.72 Å². The highest BCUT2D eigenvalue weighted by Crippen LogP contribution is 2.17. The number of nitrogens with one attached hydrogen (secondary N) is 1. The number of hydrogen-bond acceptors (Lipinski definition) is 3. The summed E-state index contributed by atoms with van der Waals surface area (Å²) in [5.74, 6) is -0.0635. The molecule has 1 atom stereocenters. The Hall–Kier alpha value is -1.85. The number of sulfonamides is 1. The van der Waals surface area contributed by atoms with E-state index in [9.17, 15) is 13.5 Å². The maximum Gasteiger partial charge on any atom is 0.236 e. The second-order valence-electron chi connectivity index (χ2n) is 4.64. The minimum absolute atomic E-state index is 0.0635. The van der Waals surface area contributed by atoms with Crippen molar-refractivity contribution >= 4 is 15.7 Å². The van der Waals surface area contributed by atoms with Gasteiger partial charge in [0.1, 0.15) is 0 Å². The van der Waals surface area contributed by atoms with Gasteiger partial charge in [0.15, 0.2) is 0 Å². The Morgan fingerprint density at radius 1 is 1.05 bits per heavy atom. The summed E-state index contributed by atoms with van der Waals surface area (Å²) >= 11 is 0. The van der Waals surface area contributed by atoms with Crippen LogP contribution in [0.3, 0.4) is 0 Å². The van der Waals surface area contributed by atoms with Crippen LogP contribution in [0.4, 0.5) is 5.69 Å². The highest BCUT2D eigenvalue weighted by atomic mass is 32.2. The van der Waals surface area contributed by atoms with Crippen LogP contribution in [0.1, 0.15) is 24.2 Å². The molecule has 0 aromatic heterocycles. The van der Waals surface area contributed by atoms with E-state index in [1.807, 2.05) is 18.2 Å². The zero-order valence-electron chi connectivity index (χ0n) is 11.2. The van der Waals surface area contributed by atoms with E-state index >= 15 is 0 Å². The van der Waals surface area contributed by atoms with Gasteiger partial charge in [0.05, 0.1) is 11.9 Å². The van der Waals surface area contributed by atoms with Crippen LogP contribution in [0.15, 0.2) is 54.6 Å². The Bertz CT molecular complexity index is 649. The van der Waals surface area contributed by atoms with Crippen molar-refractivity contribution in [3.63, 3.8) is 0 Å². The minimum atomic E-state index is -3.43. The molecule has 0 spiro atoms. The maximum atomic E-state index is 12.0. The SMILES string of the molecule is CC(O)c1ccc(NS(=O)(=O)Cc2ccccc2)cc1. The number of benzene rings is 2. The van der Waals surface area contributed by atoms with Crippen molar-refractivity contribution in [2.75, 3.05) is 4.72 Å². The molecule has 0 bridgehead atoms. The summed E-state index contributed by atoms with van der Waals surface area (Å²) in [4.78, 5) is 0. The zero-order valence-corrected chi connectivity index (χ0v) is 12.0. The Morgan fingerprint density at radius 3 is 2.20 bits per heavy atom. The number of anilines is 1. The summed E-state index contributed by atoms with van der Waals surface area (Å²) < 4.78 is 26.6. The summed E-state index contributed by atoms with van der Waals surface area (Å²) in [7, 11) is -3.43. The van der Waals surface area contributed by atoms with Gasteiger partial charge >= 0.3 is 0 Å². The lowest BCUT2D eigenvalue weighted by atomic mass is 10.1. The molecule has 2 rings (SSSR count). The van der Waals surface area contributed by atoms with E-state index in [4.69, 9.17) is 0 Å². The van der Waals surface area contributed by atoms with Gasteiger partial charge in [-0.3, -0.25) is 4.72 Å². The standard InChI is InChI=1S/C15H17NO3S/c1-12(17)14-7-9-15(10-8-14)16-20(18,19)11-13-5-3-2-4-6-13/h2-10,12,16-17H,11H2,1H3. The van der Waals surface area contributed by atoms with Gasteiger partial charge in [-0.1, -0.05) is 42.5 Å². The Kier molecular flexibility index (Phi) is 4.42. The molecule has 20 heavy (non-hydrogen) atoms. The normalized spacial score (nSPS) is 12.9. The lowest BCUT2D eigenvalue weighted by Crippen LogP contribution is -2.15. The largest absolute Gasteiger partial charge is 0.389 e. The summed E-state index contributed by atoms with van der Waals surface area (Å²) in [6.45, 7) is 1.66. The zero-order chi connectivity index (χ0) is 14.6. The van der Waals surface area contributed by atoms with E-state index in [1.54, 1.807) is 43.3 Å². The van der Waals surface area contributed by atoms with E-state index in [-0.39, 0.29) is 5.75 Å². The van der Waals surface area contributed by atoms with E-state index < -0.39 is 16.1 Å². The summed E-state index contributed by atoms with van der Waals surface area (Å²) in [6.07, 6.45) is -0.565. The molecular formula is C15H17NO3S. The van der Waals surface area contributed by atoms with Crippen LogP contribution in [0.5, 0.6) is 0 Å². The number of rotatable bonds is 5. The molecule has 5 heteroatoms. The molecule has 0 fully saturated rings. The first-order valence-electron chi connectivity index (χ1n) is 6.29. The predicted molar refractivity (Wildman–Crippen MR) is 79.8 cm³/mol. The molecule has 0 saturated heterocycles. The third-order valence-corrected chi connectivity index (χ3v) is 4.13. The van der Waals surface area contributed by atoms with E-state index in [0.29, 0.717) is 5.69 Å². The van der Waals surface area contributed by atoms with Crippen molar-refractivity contribution in [1.82, 2.24) is 0 Å². The smallest absolute Gasteiger partial charge is 0.236 e. The van der Waals surface area contributed by atoms with Gasteiger partial charge in [0, 0.05) is 5.69 Å². The second kappa shape index (κ2) is 6.07. The first kappa shape index (κ1) is 14.6.